The van der Waals surface area contributed by atoms with Crippen LogP contribution in [0.2, 0.25) is 0 Å². The van der Waals surface area contributed by atoms with E-state index < -0.39 is 0 Å². The van der Waals surface area contributed by atoms with Crippen LogP contribution in [0.4, 0.5) is 4.39 Å². The second-order valence-corrected chi connectivity index (χ2v) is 9.67. The number of ether oxygens (including phenoxy) is 2. The first kappa shape index (κ1) is 23.7. The first-order valence-corrected chi connectivity index (χ1v) is 11.6. The molecule has 31 heavy (non-hydrogen) atoms. The Labute approximate surface area is 187 Å². The van der Waals surface area contributed by atoms with Crippen molar-refractivity contribution < 1.29 is 13.9 Å². The minimum Gasteiger partial charge on any atom is -0.497 e. The molecular formula is C27H38FNO2. The van der Waals surface area contributed by atoms with Crippen LogP contribution in [0.5, 0.6) is 5.75 Å². The number of rotatable bonds is 9. The van der Waals surface area contributed by atoms with Crippen LogP contribution in [0.15, 0.2) is 48.5 Å². The molecule has 0 aromatic heterocycles. The summed E-state index contributed by atoms with van der Waals surface area (Å²) in [5.41, 5.74) is 2.46. The van der Waals surface area contributed by atoms with Gasteiger partial charge in [-0.15, -0.1) is 0 Å². The Balaban J connectivity index is 1.76. The maximum Gasteiger partial charge on any atom is 0.123 e. The van der Waals surface area contributed by atoms with E-state index in [1.54, 1.807) is 19.2 Å². The summed E-state index contributed by atoms with van der Waals surface area (Å²) in [6, 6.07) is 15.4. The lowest BCUT2D eigenvalue weighted by Gasteiger charge is -2.48. The molecule has 3 nitrogen and oxygen atoms in total. The Bertz CT molecular complexity index is 785. The Hall–Kier alpha value is -1.91. The largest absolute Gasteiger partial charge is 0.497 e. The van der Waals surface area contributed by atoms with Gasteiger partial charge >= 0.3 is 0 Å². The van der Waals surface area contributed by atoms with E-state index in [-0.39, 0.29) is 23.4 Å². The van der Waals surface area contributed by atoms with Gasteiger partial charge in [0, 0.05) is 12.0 Å². The van der Waals surface area contributed by atoms with Crippen LogP contribution in [-0.2, 0) is 16.7 Å². The van der Waals surface area contributed by atoms with Crippen molar-refractivity contribution in [2.45, 2.75) is 71.1 Å². The van der Waals surface area contributed by atoms with E-state index in [1.165, 1.54) is 11.1 Å². The van der Waals surface area contributed by atoms with Gasteiger partial charge in [-0.3, -0.25) is 0 Å². The number of methoxy groups -OCH3 is 1. The summed E-state index contributed by atoms with van der Waals surface area (Å²) in [7, 11) is 1.69. The van der Waals surface area contributed by atoms with Gasteiger partial charge in [-0.25, -0.2) is 4.39 Å². The third kappa shape index (κ3) is 6.08. The van der Waals surface area contributed by atoms with Crippen molar-refractivity contribution in [1.29, 1.82) is 0 Å². The topological polar surface area (TPSA) is 30.5 Å². The van der Waals surface area contributed by atoms with Crippen LogP contribution in [-0.4, -0.2) is 25.9 Å². The number of nitrogens with one attached hydrogen (secondary N) is 1. The quantitative estimate of drug-likeness (QED) is 0.490. The molecule has 1 saturated heterocycles. The molecule has 0 radical (unpaired) electrons. The fraction of sp³-hybridized carbons (Fsp3) is 0.556. The lowest BCUT2D eigenvalue weighted by molar-refractivity contribution is -0.118. The number of halogens is 1. The molecule has 170 valence electrons. The molecule has 2 aromatic rings. The molecule has 0 aliphatic carbocycles. The van der Waals surface area contributed by atoms with Gasteiger partial charge in [0.05, 0.1) is 19.3 Å². The fourth-order valence-electron chi connectivity index (χ4n) is 4.65. The monoisotopic (exact) mass is 427 g/mol. The Morgan fingerprint density at radius 3 is 2.06 bits per heavy atom. The molecule has 2 atom stereocenters. The normalized spacial score (nSPS) is 24.0. The van der Waals surface area contributed by atoms with Crippen molar-refractivity contribution in [3.05, 3.63) is 65.5 Å². The zero-order valence-corrected chi connectivity index (χ0v) is 19.7. The average molecular weight is 428 g/mol. The van der Waals surface area contributed by atoms with Gasteiger partial charge < -0.3 is 14.8 Å². The van der Waals surface area contributed by atoms with Crippen LogP contribution in [0.25, 0.3) is 0 Å². The third-order valence-electron chi connectivity index (χ3n) is 6.75. The third-order valence-corrected chi connectivity index (χ3v) is 6.75. The molecule has 1 N–H and O–H groups in total. The molecule has 1 aliphatic rings. The van der Waals surface area contributed by atoms with Crippen LogP contribution in [0, 0.1) is 17.7 Å². The summed E-state index contributed by atoms with van der Waals surface area (Å²) in [6.07, 6.45) is 3.39. The molecule has 0 bridgehead atoms. The second kappa shape index (κ2) is 10.6. The zero-order valence-electron chi connectivity index (χ0n) is 19.7. The highest BCUT2D eigenvalue weighted by Crippen LogP contribution is 2.45. The highest BCUT2D eigenvalue weighted by Gasteiger charge is 2.43. The van der Waals surface area contributed by atoms with Gasteiger partial charge in [0.15, 0.2) is 0 Å². The summed E-state index contributed by atoms with van der Waals surface area (Å²) in [5.74, 6) is 1.60. The number of benzene rings is 2. The first-order chi connectivity index (χ1) is 14.8. The Morgan fingerprint density at radius 1 is 0.968 bits per heavy atom. The molecule has 0 saturated carbocycles. The summed E-state index contributed by atoms with van der Waals surface area (Å²) in [5, 5.41) is 3.62. The zero-order chi connectivity index (χ0) is 22.4. The Kier molecular flexibility index (Phi) is 8.12. The van der Waals surface area contributed by atoms with Crippen molar-refractivity contribution in [3.8, 4) is 5.75 Å². The van der Waals surface area contributed by atoms with Crippen LogP contribution in [0.1, 0.15) is 58.1 Å². The smallest absolute Gasteiger partial charge is 0.123 e. The summed E-state index contributed by atoms with van der Waals surface area (Å²) in [6.45, 7) is 10.7. The average Bonchev–Trinajstić information content (AvgIpc) is 2.77. The Morgan fingerprint density at radius 2 is 1.55 bits per heavy atom. The van der Waals surface area contributed by atoms with Crippen molar-refractivity contribution in [2.24, 2.45) is 11.8 Å². The van der Waals surface area contributed by atoms with E-state index in [0.29, 0.717) is 11.8 Å². The molecule has 2 aromatic carbocycles. The van der Waals surface area contributed by atoms with Gasteiger partial charge in [-0.05, 0) is 73.0 Å². The second-order valence-electron chi connectivity index (χ2n) is 9.67. The molecule has 3 rings (SSSR count). The van der Waals surface area contributed by atoms with E-state index in [4.69, 9.17) is 9.47 Å². The van der Waals surface area contributed by atoms with Gasteiger partial charge in [0.25, 0.3) is 0 Å². The lowest BCUT2D eigenvalue weighted by atomic mass is 9.66. The molecule has 1 fully saturated rings. The minimum atomic E-state index is -0.176. The van der Waals surface area contributed by atoms with Crippen LogP contribution in [0.3, 0.4) is 0 Å². The molecular weight excluding hydrogens is 389 g/mol. The first-order valence-electron chi connectivity index (χ1n) is 11.6. The van der Waals surface area contributed by atoms with E-state index in [1.807, 2.05) is 24.3 Å². The highest BCUT2D eigenvalue weighted by molar-refractivity contribution is 5.28. The minimum absolute atomic E-state index is 0.0112. The maximum absolute atomic E-state index is 13.7. The predicted octanol–water partition coefficient (Wildman–Crippen LogP) is 6.11. The highest BCUT2D eigenvalue weighted by atomic mass is 19.1. The molecule has 0 spiro atoms. The van der Waals surface area contributed by atoms with Gasteiger partial charge in [0.2, 0.25) is 0 Å². The van der Waals surface area contributed by atoms with Gasteiger partial charge in [-0.1, -0.05) is 52.0 Å². The van der Waals surface area contributed by atoms with Crippen LogP contribution < -0.4 is 10.1 Å². The van der Waals surface area contributed by atoms with E-state index >= 15 is 0 Å². The van der Waals surface area contributed by atoms with E-state index in [2.05, 4.69) is 45.1 Å². The molecule has 4 heteroatoms. The standard InChI is InChI=1S/C27H38FNO2/c1-19(2)25-16-27(17-26(31-25)20(3)4,22-8-10-23(28)11-9-22)14-15-29-18-21-6-12-24(30-5)13-7-21/h6-13,19-20,25-26,29H,14-18H2,1-5H3/t25-,26-/m1/s1. The van der Waals surface area contributed by atoms with E-state index in [9.17, 15) is 4.39 Å². The summed E-state index contributed by atoms with van der Waals surface area (Å²) < 4.78 is 25.4. The van der Waals surface area contributed by atoms with Crippen molar-refractivity contribution in [2.75, 3.05) is 13.7 Å². The maximum atomic E-state index is 13.7. The number of hydrogen-bond donors (Lipinski definition) is 1. The van der Waals surface area contributed by atoms with Crippen molar-refractivity contribution in [1.82, 2.24) is 5.32 Å². The predicted molar refractivity (Wildman–Crippen MR) is 125 cm³/mol. The number of hydrogen-bond acceptors (Lipinski definition) is 3. The fourth-order valence-corrected chi connectivity index (χ4v) is 4.65. The molecule has 0 amide bonds. The molecule has 1 aliphatic heterocycles. The van der Waals surface area contributed by atoms with Crippen LogP contribution >= 0.6 is 0 Å². The summed E-state index contributed by atoms with van der Waals surface area (Å²) >= 11 is 0. The SMILES string of the molecule is COc1ccc(CNCCC2(c3ccc(F)cc3)C[C@H](C(C)C)O[C@@H](C(C)C)C2)cc1. The molecule has 0 unspecified atom stereocenters. The molecule has 1 heterocycles. The summed E-state index contributed by atoms with van der Waals surface area (Å²) in [4.78, 5) is 0. The van der Waals surface area contributed by atoms with E-state index in [0.717, 1.165) is 38.1 Å². The lowest BCUT2D eigenvalue weighted by Crippen LogP contribution is -2.48. The van der Waals surface area contributed by atoms with Crippen molar-refractivity contribution in [3.63, 3.8) is 0 Å². The van der Waals surface area contributed by atoms with Gasteiger partial charge in [-0.2, -0.15) is 0 Å². The van der Waals surface area contributed by atoms with Gasteiger partial charge in [0.1, 0.15) is 11.6 Å². The van der Waals surface area contributed by atoms with Crippen molar-refractivity contribution >= 4 is 0 Å².